The van der Waals surface area contributed by atoms with Crippen LogP contribution in [-0.2, 0) is 6.42 Å². The quantitative estimate of drug-likeness (QED) is 0.845. The van der Waals surface area contributed by atoms with Crippen LogP contribution in [0.5, 0.6) is 0 Å². The molecule has 3 nitrogen and oxygen atoms in total. The summed E-state index contributed by atoms with van der Waals surface area (Å²) in [6.07, 6.45) is 0.628. The standard InChI is InChI=1S/C10H8Br2N2O/c1-6-13-10(15-14-6)5-7-8(11)3-2-4-9(7)12/h2-4H,5H2,1H3. The monoisotopic (exact) mass is 330 g/mol. The molecule has 2 aromatic rings. The summed E-state index contributed by atoms with van der Waals surface area (Å²) in [4.78, 5) is 4.17. The lowest BCUT2D eigenvalue weighted by atomic mass is 10.1. The SMILES string of the molecule is Cc1noc(Cc2c(Br)cccc2Br)n1. The third-order valence-electron chi connectivity index (χ3n) is 1.96. The molecule has 0 atom stereocenters. The number of halogens is 2. The van der Waals surface area contributed by atoms with E-state index in [-0.39, 0.29) is 0 Å². The fourth-order valence-corrected chi connectivity index (χ4v) is 2.54. The van der Waals surface area contributed by atoms with Crippen LogP contribution in [0.4, 0.5) is 0 Å². The second-order valence-corrected chi connectivity index (χ2v) is 4.82. The van der Waals surface area contributed by atoms with Crippen molar-refractivity contribution in [3.8, 4) is 0 Å². The largest absolute Gasteiger partial charge is 0.339 e. The van der Waals surface area contributed by atoms with Crippen molar-refractivity contribution in [3.05, 3.63) is 44.4 Å². The van der Waals surface area contributed by atoms with Crippen molar-refractivity contribution < 1.29 is 4.52 Å². The summed E-state index contributed by atoms with van der Waals surface area (Å²) in [6, 6.07) is 5.95. The van der Waals surface area contributed by atoms with Crippen molar-refractivity contribution in [2.75, 3.05) is 0 Å². The van der Waals surface area contributed by atoms with Crippen LogP contribution in [0.25, 0.3) is 0 Å². The first-order chi connectivity index (χ1) is 7.16. The van der Waals surface area contributed by atoms with Crippen LogP contribution >= 0.6 is 31.9 Å². The molecule has 1 aromatic carbocycles. The number of rotatable bonds is 2. The molecule has 0 unspecified atom stereocenters. The molecule has 0 aliphatic rings. The normalized spacial score (nSPS) is 10.6. The molecule has 15 heavy (non-hydrogen) atoms. The van der Waals surface area contributed by atoms with Crippen LogP contribution in [0.3, 0.4) is 0 Å². The minimum absolute atomic E-state index is 0.625. The van der Waals surface area contributed by atoms with E-state index in [2.05, 4.69) is 42.0 Å². The van der Waals surface area contributed by atoms with E-state index in [1.54, 1.807) is 0 Å². The first-order valence-corrected chi connectivity index (χ1v) is 5.97. The van der Waals surface area contributed by atoms with Crippen LogP contribution in [-0.4, -0.2) is 10.1 Å². The molecule has 0 fully saturated rings. The summed E-state index contributed by atoms with van der Waals surface area (Å²) >= 11 is 6.98. The van der Waals surface area contributed by atoms with Gasteiger partial charge in [-0.1, -0.05) is 43.1 Å². The lowest BCUT2D eigenvalue weighted by molar-refractivity contribution is 0.381. The van der Waals surface area contributed by atoms with Crippen LogP contribution < -0.4 is 0 Å². The second kappa shape index (κ2) is 4.45. The Morgan fingerprint density at radius 1 is 1.27 bits per heavy atom. The number of hydrogen-bond donors (Lipinski definition) is 0. The van der Waals surface area contributed by atoms with E-state index < -0.39 is 0 Å². The average Bonchev–Trinajstić information content (AvgIpc) is 2.58. The van der Waals surface area contributed by atoms with E-state index >= 15 is 0 Å². The van der Waals surface area contributed by atoms with Crippen molar-refractivity contribution in [2.24, 2.45) is 0 Å². The lowest BCUT2D eigenvalue weighted by Crippen LogP contribution is -1.91. The third kappa shape index (κ3) is 2.46. The number of hydrogen-bond acceptors (Lipinski definition) is 3. The molecule has 0 saturated heterocycles. The predicted octanol–water partition coefficient (Wildman–Crippen LogP) is 3.49. The number of nitrogens with zero attached hydrogens (tertiary/aromatic N) is 2. The Hall–Kier alpha value is -0.680. The summed E-state index contributed by atoms with van der Waals surface area (Å²) in [5.41, 5.74) is 1.11. The Balaban J connectivity index is 2.31. The Kier molecular flexibility index (Phi) is 3.21. The highest BCUT2D eigenvalue weighted by Gasteiger charge is 2.09. The Bertz CT molecular complexity index is 462. The number of aromatic nitrogens is 2. The van der Waals surface area contributed by atoms with Gasteiger partial charge in [0.15, 0.2) is 5.82 Å². The van der Waals surface area contributed by atoms with Gasteiger partial charge in [-0.3, -0.25) is 0 Å². The zero-order chi connectivity index (χ0) is 10.8. The van der Waals surface area contributed by atoms with E-state index in [1.807, 2.05) is 25.1 Å². The van der Waals surface area contributed by atoms with Crippen LogP contribution in [0.2, 0.25) is 0 Å². The van der Waals surface area contributed by atoms with Gasteiger partial charge in [-0.2, -0.15) is 4.98 Å². The molecule has 5 heteroatoms. The van der Waals surface area contributed by atoms with Crippen molar-refractivity contribution in [1.82, 2.24) is 10.1 Å². The van der Waals surface area contributed by atoms with Crippen molar-refractivity contribution in [1.29, 1.82) is 0 Å². The highest BCUT2D eigenvalue weighted by atomic mass is 79.9. The van der Waals surface area contributed by atoms with E-state index in [0.717, 1.165) is 14.5 Å². The zero-order valence-electron chi connectivity index (χ0n) is 8.00. The summed E-state index contributed by atoms with van der Waals surface area (Å²) < 4.78 is 7.15. The molecule has 0 aliphatic carbocycles. The van der Waals surface area contributed by atoms with Gasteiger partial charge in [0.05, 0.1) is 6.42 Å². The van der Waals surface area contributed by atoms with Crippen LogP contribution in [0, 0.1) is 6.92 Å². The van der Waals surface area contributed by atoms with E-state index in [0.29, 0.717) is 18.1 Å². The van der Waals surface area contributed by atoms with Gasteiger partial charge in [-0.25, -0.2) is 0 Å². The minimum Gasteiger partial charge on any atom is -0.339 e. The molecule has 0 aliphatic heterocycles. The predicted molar refractivity (Wildman–Crippen MR) is 63.7 cm³/mol. The summed E-state index contributed by atoms with van der Waals surface area (Å²) in [6.45, 7) is 1.81. The fourth-order valence-electron chi connectivity index (χ4n) is 1.26. The molecule has 2 rings (SSSR count). The van der Waals surface area contributed by atoms with Gasteiger partial charge in [-0.15, -0.1) is 0 Å². The third-order valence-corrected chi connectivity index (χ3v) is 3.45. The minimum atomic E-state index is 0.625. The van der Waals surface area contributed by atoms with E-state index in [1.165, 1.54) is 0 Å². The zero-order valence-corrected chi connectivity index (χ0v) is 11.2. The van der Waals surface area contributed by atoms with Gasteiger partial charge in [0.2, 0.25) is 5.89 Å². The maximum Gasteiger partial charge on any atom is 0.231 e. The van der Waals surface area contributed by atoms with Gasteiger partial charge in [0.25, 0.3) is 0 Å². The topological polar surface area (TPSA) is 38.9 Å². The molecule has 0 bridgehead atoms. The lowest BCUT2D eigenvalue weighted by Gasteiger charge is -2.03. The van der Waals surface area contributed by atoms with E-state index in [9.17, 15) is 0 Å². The highest BCUT2D eigenvalue weighted by molar-refractivity contribution is 9.11. The van der Waals surface area contributed by atoms with Crippen molar-refractivity contribution >= 4 is 31.9 Å². The van der Waals surface area contributed by atoms with Gasteiger partial charge in [0, 0.05) is 8.95 Å². The van der Waals surface area contributed by atoms with Crippen LogP contribution in [0.1, 0.15) is 17.3 Å². The summed E-state index contributed by atoms with van der Waals surface area (Å²) in [5.74, 6) is 1.29. The maximum absolute atomic E-state index is 5.08. The summed E-state index contributed by atoms with van der Waals surface area (Å²) in [7, 11) is 0. The maximum atomic E-state index is 5.08. The molecular formula is C10H8Br2N2O. The van der Waals surface area contributed by atoms with Crippen molar-refractivity contribution in [3.63, 3.8) is 0 Å². The van der Waals surface area contributed by atoms with Gasteiger partial charge in [0.1, 0.15) is 0 Å². The Morgan fingerprint density at radius 3 is 2.47 bits per heavy atom. The molecule has 0 N–H and O–H groups in total. The molecule has 0 saturated carbocycles. The highest BCUT2D eigenvalue weighted by Crippen LogP contribution is 2.27. The first kappa shape index (κ1) is 10.8. The molecule has 1 aromatic heterocycles. The molecule has 1 heterocycles. The summed E-state index contributed by atoms with van der Waals surface area (Å²) in [5, 5.41) is 3.76. The fraction of sp³-hybridized carbons (Fsp3) is 0.200. The van der Waals surface area contributed by atoms with Crippen molar-refractivity contribution in [2.45, 2.75) is 13.3 Å². The second-order valence-electron chi connectivity index (χ2n) is 3.11. The molecular weight excluding hydrogens is 324 g/mol. The molecule has 0 amide bonds. The Labute approximate surface area is 104 Å². The average molecular weight is 332 g/mol. The van der Waals surface area contributed by atoms with Gasteiger partial charge in [-0.05, 0) is 24.6 Å². The number of benzene rings is 1. The smallest absolute Gasteiger partial charge is 0.231 e. The van der Waals surface area contributed by atoms with Gasteiger partial charge >= 0.3 is 0 Å². The molecule has 0 radical (unpaired) electrons. The molecule has 78 valence electrons. The van der Waals surface area contributed by atoms with E-state index in [4.69, 9.17) is 4.52 Å². The first-order valence-electron chi connectivity index (χ1n) is 4.39. The molecule has 0 spiro atoms. The Morgan fingerprint density at radius 2 is 1.93 bits per heavy atom. The number of aryl methyl sites for hydroxylation is 1. The van der Waals surface area contributed by atoms with Gasteiger partial charge < -0.3 is 4.52 Å². The van der Waals surface area contributed by atoms with Crippen LogP contribution in [0.15, 0.2) is 31.7 Å².